The van der Waals surface area contributed by atoms with Gasteiger partial charge >= 0.3 is 5.69 Å². The Kier molecular flexibility index (Phi) is 2.52. The van der Waals surface area contributed by atoms with E-state index in [0.29, 0.717) is 25.0 Å². The van der Waals surface area contributed by atoms with Crippen LogP contribution >= 0.6 is 0 Å². The molecule has 0 spiro atoms. The van der Waals surface area contributed by atoms with Gasteiger partial charge < -0.3 is 9.72 Å². The summed E-state index contributed by atoms with van der Waals surface area (Å²) in [5.41, 5.74) is -0.696. The van der Waals surface area contributed by atoms with Gasteiger partial charge in [0, 0.05) is 6.61 Å². The van der Waals surface area contributed by atoms with Gasteiger partial charge in [-0.25, -0.2) is 9.18 Å². The Balaban J connectivity index is 2.30. The topological polar surface area (TPSA) is 64.1 Å². The first kappa shape index (κ1) is 11.2. The molecule has 1 unspecified atom stereocenters. The maximum Gasteiger partial charge on any atom is 0.329 e. The van der Waals surface area contributed by atoms with E-state index in [1.165, 1.54) is 12.1 Å². The smallest absolute Gasteiger partial charge is 0.329 e. The second-order valence-electron chi connectivity index (χ2n) is 4.31. The molecule has 18 heavy (non-hydrogen) atoms. The normalized spacial score (nSPS) is 19.5. The van der Waals surface area contributed by atoms with E-state index in [1.807, 2.05) is 0 Å². The van der Waals surface area contributed by atoms with Crippen molar-refractivity contribution in [3.05, 3.63) is 44.9 Å². The summed E-state index contributed by atoms with van der Waals surface area (Å²) in [6.07, 6.45) is 0.635. The molecule has 0 amide bonds. The summed E-state index contributed by atoms with van der Waals surface area (Å²) in [6, 6.07) is 3.50. The number of rotatable bonds is 1. The molecular formula is C12H11FN2O3. The van der Waals surface area contributed by atoms with Crippen LogP contribution in [-0.2, 0) is 4.74 Å². The van der Waals surface area contributed by atoms with Gasteiger partial charge in [-0.3, -0.25) is 9.36 Å². The second kappa shape index (κ2) is 4.06. The maximum absolute atomic E-state index is 13.1. The number of nitrogens with zero attached hydrogens (tertiary/aromatic N) is 1. The molecule has 3 rings (SSSR count). The highest BCUT2D eigenvalue weighted by Gasteiger charge is 2.22. The van der Waals surface area contributed by atoms with E-state index in [9.17, 15) is 14.0 Å². The molecule has 1 fully saturated rings. The first-order valence-corrected chi connectivity index (χ1v) is 5.68. The zero-order valence-corrected chi connectivity index (χ0v) is 9.48. The Labute approximate surface area is 101 Å². The van der Waals surface area contributed by atoms with Crippen LogP contribution in [0.15, 0.2) is 27.8 Å². The lowest BCUT2D eigenvalue weighted by atomic mass is 10.2. The van der Waals surface area contributed by atoms with E-state index in [1.54, 1.807) is 0 Å². The molecule has 1 N–H and O–H groups in total. The van der Waals surface area contributed by atoms with Gasteiger partial charge in [0.15, 0.2) is 0 Å². The lowest BCUT2D eigenvalue weighted by Crippen LogP contribution is -2.38. The van der Waals surface area contributed by atoms with Crippen LogP contribution in [-0.4, -0.2) is 22.8 Å². The Morgan fingerprint density at radius 2 is 2.22 bits per heavy atom. The van der Waals surface area contributed by atoms with Crippen LogP contribution in [0.5, 0.6) is 0 Å². The van der Waals surface area contributed by atoms with E-state index in [-0.39, 0.29) is 11.6 Å². The Hall–Kier alpha value is -1.95. The molecule has 5 nitrogen and oxygen atoms in total. The van der Waals surface area contributed by atoms with Gasteiger partial charge in [0.1, 0.15) is 5.82 Å². The number of H-pyrrole nitrogens is 1. The molecule has 6 heteroatoms. The highest BCUT2D eigenvalue weighted by atomic mass is 19.1. The minimum absolute atomic E-state index is 0.222. The van der Waals surface area contributed by atoms with Crippen molar-refractivity contribution in [1.82, 2.24) is 9.55 Å². The van der Waals surface area contributed by atoms with E-state index in [4.69, 9.17) is 4.74 Å². The summed E-state index contributed by atoms with van der Waals surface area (Å²) in [6.45, 7) is 0.897. The van der Waals surface area contributed by atoms with Gasteiger partial charge in [-0.2, -0.15) is 0 Å². The van der Waals surface area contributed by atoms with Crippen molar-refractivity contribution in [3.63, 3.8) is 0 Å². The summed E-state index contributed by atoms with van der Waals surface area (Å²) >= 11 is 0. The van der Waals surface area contributed by atoms with Gasteiger partial charge in [-0.15, -0.1) is 0 Å². The average Bonchev–Trinajstić information content (AvgIpc) is 2.82. The minimum atomic E-state index is -0.520. The molecule has 1 aromatic carbocycles. The van der Waals surface area contributed by atoms with Gasteiger partial charge in [-0.1, -0.05) is 0 Å². The maximum atomic E-state index is 13.1. The molecule has 1 atom stereocenters. The van der Waals surface area contributed by atoms with Gasteiger partial charge in [-0.05, 0) is 24.6 Å². The Morgan fingerprint density at radius 3 is 2.94 bits per heavy atom. The summed E-state index contributed by atoms with van der Waals surface area (Å²) in [7, 11) is 0. The van der Waals surface area contributed by atoms with Crippen LogP contribution in [0, 0.1) is 5.82 Å². The average molecular weight is 250 g/mol. The largest absolute Gasteiger partial charge is 0.379 e. The van der Waals surface area contributed by atoms with Crippen LogP contribution in [0.2, 0.25) is 0 Å². The minimum Gasteiger partial charge on any atom is -0.379 e. The molecule has 0 aliphatic carbocycles. The molecule has 2 heterocycles. The first-order valence-electron chi connectivity index (χ1n) is 5.68. The van der Waals surface area contributed by atoms with Gasteiger partial charge in [0.25, 0.3) is 5.56 Å². The molecule has 1 saturated heterocycles. The fourth-order valence-corrected chi connectivity index (χ4v) is 2.26. The number of fused-ring (bicyclic) bond motifs is 1. The standard InChI is InChI=1S/C12H11FN2O3/c13-7-1-2-9-10(5-7)14-12(17)15(11(9)16)8-3-4-18-6-8/h1-2,5,8H,3-4,6H2,(H,14,17). The lowest BCUT2D eigenvalue weighted by Gasteiger charge is -2.11. The quantitative estimate of drug-likeness (QED) is 0.813. The van der Waals surface area contributed by atoms with Crippen molar-refractivity contribution in [2.24, 2.45) is 0 Å². The van der Waals surface area contributed by atoms with Crippen LogP contribution in [0.25, 0.3) is 10.9 Å². The number of ether oxygens (including phenoxy) is 1. The monoisotopic (exact) mass is 250 g/mol. The number of hydrogen-bond donors (Lipinski definition) is 1. The number of aromatic amines is 1. The third-order valence-electron chi connectivity index (χ3n) is 3.16. The zero-order valence-electron chi connectivity index (χ0n) is 9.48. The van der Waals surface area contributed by atoms with Crippen molar-refractivity contribution in [2.45, 2.75) is 12.5 Å². The molecule has 0 saturated carbocycles. The SMILES string of the molecule is O=c1[nH]c2cc(F)ccc2c(=O)n1C1CCOC1. The zero-order chi connectivity index (χ0) is 12.7. The van der Waals surface area contributed by atoms with Crippen molar-refractivity contribution in [2.75, 3.05) is 13.2 Å². The highest BCUT2D eigenvalue weighted by molar-refractivity contribution is 5.77. The summed E-state index contributed by atoms with van der Waals surface area (Å²) < 4.78 is 19.4. The fourth-order valence-electron chi connectivity index (χ4n) is 2.26. The third-order valence-corrected chi connectivity index (χ3v) is 3.16. The molecule has 2 aromatic rings. The van der Waals surface area contributed by atoms with Crippen molar-refractivity contribution in [3.8, 4) is 0 Å². The van der Waals surface area contributed by atoms with Crippen molar-refractivity contribution in [1.29, 1.82) is 0 Å². The molecule has 1 aliphatic heterocycles. The van der Waals surface area contributed by atoms with Crippen molar-refractivity contribution < 1.29 is 9.13 Å². The van der Waals surface area contributed by atoms with E-state index >= 15 is 0 Å². The van der Waals surface area contributed by atoms with Crippen LogP contribution in [0.1, 0.15) is 12.5 Å². The second-order valence-corrected chi connectivity index (χ2v) is 4.31. The van der Waals surface area contributed by atoms with Crippen LogP contribution in [0.3, 0.4) is 0 Å². The third kappa shape index (κ3) is 1.65. The number of hydrogen-bond acceptors (Lipinski definition) is 3. The van der Waals surface area contributed by atoms with Crippen molar-refractivity contribution >= 4 is 10.9 Å². The molecule has 94 valence electrons. The molecule has 1 aliphatic rings. The lowest BCUT2D eigenvalue weighted by molar-refractivity contribution is 0.185. The van der Waals surface area contributed by atoms with Gasteiger partial charge in [0.2, 0.25) is 0 Å². The summed E-state index contributed by atoms with van der Waals surface area (Å²) in [5, 5.41) is 0.308. The molecule has 0 radical (unpaired) electrons. The summed E-state index contributed by atoms with van der Waals surface area (Å²) in [4.78, 5) is 26.6. The highest BCUT2D eigenvalue weighted by Crippen LogP contribution is 2.16. The Morgan fingerprint density at radius 1 is 1.39 bits per heavy atom. The fraction of sp³-hybridized carbons (Fsp3) is 0.333. The predicted molar refractivity (Wildman–Crippen MR) is 63.3 cm³/mol. The molecular weight excluding hydrogens is 239 g/mol. The van der Waals surface area contributed by atoms with Crippen LogP contribution < -0.4 is 11.2 Å². The first-order chi connectivity index (χ1) is 8.66. The number of nitrogens with one attached hydrogen (secondary N) is 1. The van der Waals surface area contributed by atoms with Gasteiger partial charge in [0.05, 0.1) is 23.6 Å². The van der Waals surface area contributed by atoms with E-state index < -0.39 is 17.1 Å². The number of aromatic nitrogens is 2. The van der Waals surface area contributed by atoms with E-state index in [2.05, 4.69) is 4.98 Å². The van der Waals surface area contributed by atoms with E-state index in [0.717, 1.165) is 10.6 Å². The predicted octanol–water partition coefficient (Wildman–Crippen LogP) is 0.790. The summed E-state index contributed by atoms with van der Waals surface area (Å²) in [5.74, 6) is -0.487. The molecule has 0 bridgehead atoms. The number of halogens is 1. The Bertz CT molecular complexity index is 713. The van der Waals surface area contributed by atoms with Crippen LogP contribution in [0.4, 0.5) is 4.39 Å². The molecule has 1 aromatic heterocycles. The number of benzene rings is 1.